The van der Waals surface area contributed by atoms with E-state index in [2.05, 4.69) is 0 Å². The molecule has 1 saturated heterocycles. The molecule has 0 saturated carbocycles. The first-order valence-corrected chi connectivity index (χ1v) is 8.19. The van der Waals surface area contributed by atoms with Crippen LogP contribution in [0.1, 0.15) is 6.92 Å². The van der Waals surface area contributed by atoms with Gasteiger partial charge in [0.1, 0.15) is 12.7 Å². The molecule has 10 heteroatoms. The number of aliphatic hydroxyl groups is 1. The number of carbonyl (C=O) groups is 1. The Balaban J connectivity index is 0.00000338. The van der Waals surface area contributed by atoms with E-state index in [0.717, 1.165) is 0 Å². The van der Waals surface area contributed by atoms with Crippen LogP contribution in [0.4, 0.5) is 10.5 Å². The van der Waals surface area contributed by atoms with Crippen LogP contribution in [0.25, 0.3) is 0 Å². The molecule has 0 spiro atoms. The average Bonchev–Trinajstić information content (AvgIpc) is 2.61. The van der Waals surface area contributed by atoms with Gasteiger partial charge >= 0.3 is 11.8 Å². The Morgan fingerprint density at radius 1 is 1.31 bits per heavy atom. The molecule has 26 heavy (non-hydrogen) atoms. The van der Waals surface area contributed by atoms with Crippen LogP contribution in [0.15, 0.2) is 24.3 Å². The van der Waals surface area contributed by atoms with E-state index in [1.54, 1.807) is 24.0 Å². The Labute approximate surface area is 158 Å². The number of carbonyl (C=O) groups excluding carboxylic acids is 1. The molecule has 1 fully saturated rings. The summed E-state index contributed by atoms with van der Waals surface area (Å²) in [4.78, 5) is 25.7. The number of nitro groups is 1. The largest absolute Gasteiger partial charge is 0.484 e. The summed E-state index contributed by atoms with van der Waals surface area (Å²) in [5, 5.41) is 21.0. The van der Waals surface area contributed by atoms with Gasteiger partial charge in [0.25, 0.3) is 0 Å². The molecule has 1 atom stereocenters. The SMILES string of the molecule is CCOC(=O)N1CCN(CC(O)COc2ccccc2[N+](=O)[O-])CC1.Cl. The van der Waals surface area contributed by atoms with Crippen LogP contribution in [0.2, 0.25) is 0 Å². The van der Waals surface area contributed by atoms with E-state index < -0.39 is 11.0 Å². The molecule has 1 aliphatic heterocycles. The van der Waals surface area contributed by atoms with Crippen molar-refractivity contribution in [2.24, 2.45) is 0 Å². The third-order valence-corrected chi connectivity index (χ3v) is 3.86. The van der Waals surface area contributed by atoms with Crippen molar-refractivity contribution in [3.05, 3.63) is 34.4 Å². The van der Waals surface area contributed by atoms with Crippen molar-refractivity contribution in [1.29, 1.82) is 0 Å². The van der Waals surface area contributed by atoms with Crippen molar-refractivity contribution in [2.45, 2.75) is 13.0 Å². The quantitative estimate of drug-likeness (QED) is 0.556. The van der Waals surface area contributed by atoms with Gasteiger partial charge in [0, 0.05) is 38.8 Å². The van der Waals surface area contributed by atoms with Crippen LogP contribution >= 0.6 is 12.4 Å². The maximum Gasteiger partial charge on any atom is 0.409 e. The van der Waals surface area contributed by atoms with Gasteiger partial charge in [0.15, 0.2) is 5.75 Å². The Bertz CT molecular complexity index is 595. The summed E-state index contributed by atoms with van der Waals surface area (Å²) in [5.41, 5.74) is -0.127. The van der Waals surface area contributed by atoms with Gasteiger partial charge in [0.05, 0.1) is 11.5 Å². The lowest BCUT2D eigenvalue weighted by Crippen LogP contribution is -2.51. The van der Waals surface area contributed by atoms with E-state index >= 15 is 0 Å². The molecular formula is C16H24ClN3O6. The summed E-state index contributed by atoms with van der Waals surface area (Å²) in [6.45, 7) is 4.78. The summed E-state index contributed by atoms with van der Waals surface area (Å²) in [7, 11) is 0. The second-order valence-electron chi connectivity index (χ2n) is 5.68. The minimum Gasteiger partial charge on any atom is -0.484 e. The number of aliphatic hydroxyl groups excluding tert-OH is 1. The molecule has 1 amide bonds. The van der Waals surface area contributed by atoms with Crippen molar-refractivity contribution in [2.75, 3.05) is 45.9 Å². The summed E-state index contributed by atoms with van der Waals surface area (Å²) in [6.07, 6.45) is -1.10. The summed E-state index contributed by atoms with van der Waals surface area (Å²) in [6, 6.07) is 6.06. The van der Waals surface area contributed by atoms with Crippen molar-refractivity contribution >= 4 is 24.2 Å². The van der Waals surface area contributed by atoms with Gasteiger partial charge in [-0.25, -0.2) is 4.79 Å². The van der Waals surface area contributed by atoms with Crippen molar-refractivity contribution in [1.82, 2.24) is 9.80 Å². The van der Waals surface area contributed by atoms with Gasteiger partial charge < -0.3 is 19.5 Å². The zero-order valence-corrected chi connectivity index (χ0v) is 15.4. The smallest absolute Gasteiger partial charge is 0.409 e. The lowest BCUT2D eigenvalue weighted by atomic mass is 10.2. The molecule has 9 nitrogen and oxygen atoms in total. The number of hydrogen-bond donors (Lipinski definition) is 1. The number of ether oxygens (including phenoxy) is 2. The highest BCUT2D eigenvalue weighted by Gasteiger charge is 2.23. The van der Waals surface area contributed by atoms with Crippen molar-refractivity contribution in [3.8, 4) is 5.75 Å². The van der Waals surface area contributed by atoms with Gasteiger partial charge in [0.2, 0.25) is 0 Å². The fourth-order valence-electron chi connectivity index (χ4n) is 2.59. The lowest BCUT2D eigenvalue weighted by Gasteiger charge is -2.34. The highest BCUT2D eigenvalue weighted by Crippen LogP contribution is 2.25. The first-order valence-electron chi connectivity index (χ1n) is 8.19. The molecule has 1 unspecified atom stereocenters. The van der Waals surface area contributed by atoms with Crippen molar-refractivity contribution < 1.29 is 24.3 Å². The fourth-order valence-corrected chi connectivity index (χ4v) is 2.59. The minimum absolute atomic E-state index is 0. The number of halogens is 1. The number of rotatable bonds is 7. The van der Waals surface area contributed by atoms with E-state index in [1.165, 1.54) is 12.1 Å². The molecule has 1 aliphatic rings. The Morgan fingerprint density at radius 3 is 2.58 bits per heavy atom. The second-order valence-corrected chi connectivity index (χ2v) is 5.68. The standard InChI is InChI=1S/C16H23N3O6.ClH/c1-2-24-16(21)18-9-7-17(8-10-18)11-13(20)12-25-15-6-4-3-5-14(15)19(22)23;/h3-6,13,20H,2,7-12H2,1H3;1H. The van der Waals surface area contributed by atoms with Gasteiger partial charge in [-0.3, -0.25) is 15.0 Å². The number of para-hydroxylation sites is 2. The molecule has 1 aromatic carbocycles. The predicted molar refractivity (Wildman–Crippen MR) is 96.9 cm³/mol. The maximum atomic E-state index is 11.6. The molecule has 1 heterocycles. The third kappa shape index (κ3) is 6.32. The van der Waals surface area contributed by atoms with Gasteiger partial charge in [-0.2, -0.15) is 0 Å². The van der Waals surface area contributed by atoms with Gasteiger partial charge in [-0.1, -0.05) is 12.1 Å². The first-order chi connectivity index (χ1) is 12.0. The Hall–Kier alpha value is -2.10. The normalized spacial score (nSPS) is 15.7. The van der Waals surface area contributed by atoms with E-state index in [4.69, 9.17) is 9.47 Å². The number of nitro benzene ring substituents is 1. The average molecular weight is 390 g/mol. The lowest BCUT2D eigenvalue weighted by molar-refractivity contribution is -0.385. The molecule has 146 valence electrons. The highest BCUT2D eigenvalue weighted by molar-refractivity contribution is 5.85. The topological polar surface area (TPSA) is 105 Å². The predicted octanol–water partition coefficient (Wildman–Crippen LogP) is 1.53. The Morgan fingerprint density at radius 2 is 1.96 bits per heavy atom. The summed E-state index contributed by atoms with van der Waals surface area (Å²) in [5.74, 6) is 0.138. The molecule has 1 aromatic rings. The molecular weight excluding hydrogens is 366 g/mol. The number of nitrogens with zero attached hydrogens (tertiary/aromatic N) is 3. The van der Waals surface area contributed by atoms with E-state index in [0.29, 0.717) is 39.3 Å². The van der Waals surface area contributed by atoms with Crippen LogP contribution < -0.4 is 4.74 Å². The first kappa shape index (κ1) is 21.9. The molecule has 0 bridgehead atoms. The van der Waals surface area contributed by atoms with Crippen LogP contribution in [0.5, 0.6) is 5.75 Å². The summed E-state index contributed by atoms with van der Waals surface area (Å²) < 4.78 is 10.4. The monoisotopic (exact) mass is 389 g/mol. The van der Waals surface area contributed by atoms with Gasteiger partial charge in [-0.15, -0.1) is 12.4 Å². The fraction of sp³-hybridized carbons (Fsp3) is 0.562. The highest BCUT2D eigenvalue weighted by atomic mass is 35.5. The number of hydrogen-bond acceptors (Lipinski definition) is 7. The van der Waals surface area contributed by atoms with Crippen LogP contribution in [-0.4, -0.2) is 78.0 Å². The molecule has 2 rings (SSSR count). The number of piperazine rings is 1. The third-order valence-electron chi connectivity index (χ3n) is 3.86. The summed E-state index contributed by atoms with van der Waals surface area (Å²) >= 11 is 0. The van der Waals surface area contributed by atoms with Crippen LogP contribution in [0.3, 0.4) is 0 Å². The Kier molecular flexibility index (Phi) is 9.11. The number of β-amino-alcohol motifs (C(OH)–C–C–N with tert-alkyl or cyclic N) is 1. The number of benzene rings is 1. The maximum absolute atomic E-state index is 11.6. The number of amides is 1. The van der Waals surface area contributed by atoms with Gasteiger partial charge in [-0.05, 0) is 13.0 Å². The van der Waals surface area contributed by atoms with Crippen LogP contribution in [0, 0.1) is 10.1 Å². The molecule has 1 N–H and O–H groups in total. The van der Waals surface area contributed by atoms with Crippen LogP contribution in [-0.2, 0) is 4.74 Å². The zero-order valence-electron chi connectivity index (χ0n) is 14.6. The molecule has 0 aromatic heterocycles. The molecule has 0 radical (unpaired) electrons. The van der Waals surface area contributed by atoms with E-state index in [-0.39, 0.29) is 36.5 Å². The van der Waals surface area contributed by atoms with E-state index in [1.807, 2.05) is 4.90 Å². The molecule has 0 aliphatic carbocycles. The minimum atomic E-state index is -0.783. The van der Waals surface area contributed by atoms with E-state index in [9.17, 15) is 20.0 Å². The second kappa shape index (κ2) is 10.8. The van der Waals surface area contributed by atoms with Crippen molar-refractivity contribution in [3.63, 3.8) is 0 Å². The zero-order chi connectivity index (χ0) is 18.2.